The molecule has 0 fully saturated rings. The Morgan fingerprint density at radius 1 is 1.14 bits per heavy atom. The predicted molar refractivity (Wildman–Crippen MR) is 75.3 cm³/mol. The van der Waals surface area contributed by atoms with E-state index in [-0.39, 0.29) is 11.8 Å². The molecule has 1 aliphatic rings. The maximum absolute atomic E-state index is 12.6. The summed E-state index contributed by atoms with van der Waals surface area (Å²) in [4.78, 5) is 0. The largest absolute Gasteiger partial charge is 0.416 e. The van der Waals surface area contributed by atoms with E-state index in [1.54, 1.807) is 12.2 Å². The molecule has 0 heterocycles. The molecule has 2 unspecified atom stereocenters. The van der Waals surface area contributed by atoms with Gasteiger partial charge in [-0.3, -0.25) is 0 Å². The van der Waals surface area contributed by atoms with E-state index >= 15 is 0 Å². The molecule has 0 bridgehead atoms. The van der Waals surface area contributed by atoms with Crippen LogP contribution in [-0.4, -0.2) is 0 Å². The van der Waals surface area contributed by atoms with Crippen LogP contribution in [0.5, 0.6) is 0 Å². The maximum atomic E-state index is 12.6. The number of halogens is 3. The van der Waals surface area contributed by atoms with Gasteiger partial charge in [-0.05, 0) is 35.8 Å². The Kier molecular flexibility index (Phi) is 4.32. The molecule has 0 saturated carbocycles. The summed E-state index contributed by atoms with van der Waals surface area (Å²) in [6.45, 7) is 1.96. The van der Waals surface area contributed by atoms with Crippen LogP contribution in [0.25, 0.3) is 0 Å². The molecule has 2 atom stereocenters. The molecule has 1 aromatic rings. The first-order valence-corrected chi connectivity index (χ1v) is 6.56. The fourth-order valence-corrected chi connectivity index (χ4v) is 2.23. The molecule has 0 N–H and O–H groups in total. The van der Waals surface area contributed by atoms with Crippen molar-refractivity contribution in [1.29, 1.82) is 5.26 Å². The summed E-state index contributed by atoms with van der Waals surface area (Å²) in [6, 6.07) is 7.30. The standard InChI is InChI=1S/C17H14F3N/c1-12(14-4-2-3-13(11-21)5-6-14)15-7-9-16(10-8-15)17(18,19)20/h2-10,12,14H,1H3. The number of hydrogen-bond acceptors (Lipinski definition) is 1. The summed E-state index contributed by atoms with van der Waals surface area (Å²) >= 11 is 0. The lowest BCUT2D eigenvalue weighted by molar-refractivity contribution is -0.137. The minimum Gasteiger partial charge on any atom is -0.192 e. The van der Waals surface area contributed by atoms with E-state index in [2.05, 4.69) is 6.07 Å². The normalized spacial score (nSPS) is 19.6. The number of alkyl halides is 3. The van der Waals surface area contributed by atoms with Gasteiger partial charge in [0, 0.05) is 5.92 Å². The summed E-state index contributed by atoms with van der Waals surface area (Å²) in [6.07, 6.45) is 4.81. The van der Waals surface area contributed by atoms with Gasteiger partial charge >= 0.3 is 6.18 Å². The first kappa shape index (κ1) is 15.1. The minimum absolute atomic E-state index is 0.0335. The lowest BCUT2D eigenvalue weighted by Crippen LogP contribution is -2.07. The maximum Gasteiger partial charge on any atom is 0.416 e. The van der Waals surface area contributed by atoms with E-state index < -0.39 is 11.7 Å². The summed E-state index contributed by atoms with van der Waals surface area (Å²) in [7, 11) is 0. The van der Waals surface area contributed by atoms with Gasteiger partial charge in [-0.15, -0.1) is 0 Å². The highest BCUT2D eigenvalue weighted by Crippen LogP contribution is 2.32. The van der Waals surface area contributed by atoms with E-state index in [0.717, 1.165) is 17.7 Å². The fourth-order valence-electron chi connectivity index (χ4n) is 2.23. The second-order valence-corrected chi connectivity index (χ2v) is 4.96. The summed E-state index contributed by atoms with van der Waals surface area (Å²) in [5.74, 6) is 0.0788. The number of hydrogen-bond donors (Lipinski definition) is 0. The van der Waals surface area contributed by atoms with Crippen LogP contribution >= 0.6 is 0 Å². The van der Waals surface area contributed by atoms with Crippen LogP contribution in [0, 0.1) is 17.2 Å². The Hall–Kier alpha value is -2.28. The SMILES string of the molecule is CC(c1ccc(C(F)(F)F)cc1)C1C=CC=C(C#N)C=C1. The quantitative estimate of drug-likeness (QED) is 0.751. The van der Waals surface area contributed by atoms with E-state index in [9.17, 15) is 13.2 Å². The summed E-state index contributed by atoms with van der Waals surface area (Å²) in [5.41, 5.74) is 0.759. The van der Waals surface area contributed by atoms with Crippen LogP contribution in [-0.2, 0) is 6.18 Å². The van der Waals surface area contributed by atoms with Crippen LogP contribution < -0.4 is 0 Å². The fraction of sp³-hybridized carbons (Fsp3) is 0.235. The summed E-state index contributed by atoms with van der Waals surface area (Å²) in [5, 5.41) is 8.85. The van der Waals surface area contributed by atoms with Crippen molar-refractivity contribution in [2.45, 2.75) is 19.0 Å². The number of allylic oxidation sites excluding steroid dienone is 6. The molecule has 4 heteroatoms. The summed E-state index contributed by atoms with van der Waals surface area (Å²) < 4.78 is 37.7. The van der Waals surface area contributed by atoms with Crippen molar-refractivity contribution < 1.29 is 13.2 Å². The second kappa shape index (κ2) is 6.01. The Labute approximate surface area is 121 Å². The molecule has 0 aromatic heterocycles. The highest BCUT2D eigenvalue weighted by atomic mass is 19.4. The van der Waals surface area contributed by atoms with Crippen molar-refractivity contribution in [3.8, 4) is 6.07 Å². The highest BCUT2D eigenvalue weighted by molar-refractivity contribution is 5.40. The highest BCUT2D eigenvalue weighted by Gasteiger charge is 2.30. The Morgan fingerprint density at radius 3 is 2.38 bits per heavy atom. The first-order valence-electron chi connectivity index (χ1n) is 6.56. The topological polar surface area (TPSA) is 23.8 Å². The molecule has 0 spiro atoms. The van der Waals surface area contributed by atoms with E-state index in [0.29, 0.717) is 5.57 Å². The third-order valence-corrected chi connectivity index (χ3v) is 3.58. The smallest absolute Gasteiger partial charge is 0.192 e. The van der Waals surface area contributed by atoms with Gasteiger partial charge < -0.3 is 0 Å². The first-order chi connectivity index (χ1) is 9.91. The van der Waals surface area contributed by atoms with Gasteiger partial charge in [0.1, 0.15) is 0 Å². The minimum atomic E-state index is -4.31. The predicted octanol–water partition coefficient (Wildman–Crippen LogP) is 5.00. The van der Waals surface area contributed by atoms with Gasteiger partial charge in [0.15, 0.2) is 0 Å². The van der Waals surface area contributed by atoms with Crippen molar-refractivity contribution >= 4 is 0 Å². The zero-order chi connectivity index (χ0) is 15.5. The molecule has 0 aliphatic heterocycles. The molecule has 1 aromatic carbocycles. The van der Waals surface area contributed by atoms with Gasteiger partial charge in [-0.25, -0.2) is 0 Å². The van der Waals surface area contributed by atoms with Crippen molar-refractivity contribution in [3.05, 3.63) is 71.3 Å². The van der Waals surface area contributed by atoms with Crippen LogP contribution in [0.15, 0.2) is 60.2 Å². The number of benzene rings is 1. The van der Waals surface area contributed by atoms with Crippen LogP contribution in [0.1, 0.15) is 24.0 Å². The van der Waals surface area contributed by atoms with Crippen LogP contribution in [0.2, 0.25) is 0 Å². The van der Waals surface area contributed by atoms with E-state index in [1.165, 1.54) is 12.1 Å². The zero-order valence-corrected chi connectivity index (χ0v) is 11.4. The molecule has 108 valence electrons. The Bertz CT molecular complexity index is 627. The molecule has 1 aliphatic carbocycles. The Balaban J connectivity index is 2.18. The lowest BCUT2D eigenvalue weighted by Gasteiger charge is -2.18. The third-order valence-electron chi connectivity index (χ3n) is 3.58. The third kappa shape index (κ3) is 3.63. The van der Waals surface area contributed by atoms with Crippen LogP contribution in [0.4, 0.5) is 13.2 Å². The number of nitriles is 1. The van der Waals surface area contributed by atoms with Crippen molar-refractivity contribution in [2.75, 3.05) is 0 Å². The zero-order valence-electron chi connectivity index (χ0n) is 11.4. The molecule has 0 amide bonds. The van der Waals surface area contributed by atoms with Gasteiger partial charge in [0.25, 0.3) is 0 Å². The van der Waals surface area contributed by atoms with E-state index in [4.69, 9.17) is 5.26 Å². The lowest BCUT2D eigenvalue weighted by atomic mass is 9.86. The number of nitrogens with zero attached hydrogens (tertiary/aromatic N) is 1. The monoisotopic (exact) mass is 289 g/mol. The Morgan fingerprint density at radius 2 is 1.81 bits per heavy atom. The number of rotatable bonds is 2. The van der Waals surface area contributed by atoms with Gasteiger partial charge in [-0.1, -0.05) is 37.3 Å². The van der Waals surface area contributed by atoms with E-state index in [1.807, 2.05) is 25.2 Å². The van der Waals surface area contributed by atoms with Crippen LogP contribution in [0.3, 0.4) is 0 Å². The molecular weight excluding hydrogens is 275 g/mol. The van der Waals surface area contributed by atoms with Crippen molar-refractivity contribution in [2.24, 2.45) is 5.92 Å². The van der Waals surface area contributed by atoms with Crippen molar-refractivity contribution in [3.63, 3.8) is 0 Å². The van der Waals surface area contributed by atoms with Gasteiger partial charge in [0.2, 0.25) is 0 Å². The molecule has 21 heavy (non-hydrogen) atoms. The van der Waals surface area contributed by atoms with Gasteiger partial charge in [-0.2, -0.15) is 18.4 Å². The van der Waals surface area contributed by atoms with Gasteiger partial charge in [0.05, 0.1) is 17.2 Å². The second-order valence-electron chi connectivity index (χ2n) is 4.96. The average Bonchev–Trinajstić information content (AvgIpc) is 2.71. The molecule has 0 saturated heterocycles. The molecule has 2 rings (SSSR count). The average molecular weight is 289 g/mol. The molecule has 1 nitrogen and oxygen atoms in total. The molecular formula is C17H14F3N. The van der Waals surface area contributed by atoms with Crippen molar-refractivity contribution in [1.82, 2.24) is 0 Å². The molecule has 0 radical (unpaired) electrons.